The molecule has 2 N–H and O–H groups in total. The third-order valence-corrected chi connectivity index (χ3v) is 4.16. The van der Waals surface area contributed by atoms with E-state index in [0.29, 0.717) is 10.7 Å². The minimum absolute atomic E-state index is 0.0883. The molecule has 6 heteroatoms. The molecule has 0 heterocycles. The third-order valence-electron chi connectivity index (χ3n) is 3.86. The van der Waals surface area contributed by atoms with Crippen LogP contribution in [0.1, 0.15) is 16.7 Å². The number of nitrogens with zero attached hydrogens (tertiary/aromatic N) is 1. The van der Waals surface area contributed by atoms with Crippen LogP contribution in [0.25, 0.3) is 0 Å². The first-order chi connectivity index (χ1) is 12.2. The summed E-state index contributed by atoms with van der Waals surface area (Å²) >= 11 is 6.21. The van der Waals surface area contributed by atoms with E-state index < -0.39 is 0 Å². The number of likely N-dealkylation sites (N-methyl/N-ethyl adjacent to an activating group) is 1. The van der Waals surface area contributed by atoms with Crippen LogP contribution >= 0.6 is 11.6 Å². The predicted molar refractivity (Wildman–Crippen MR) is 107 cm³/mol. The highest BCUT2D eigenvalue weighted by Gasteiger charge is 2.13. The molecule has 2 aromatic rings. The van der Waals surface area contributed by atoms with Crippen LogP contribution in [-0.2, 0) is 9.59 Å². The molecule has 0 spiro atoms. The van der Waals surface area contributed by atoms with Crippen LogP contribution in [0.4, 0.5) is 11.4 Å². The standard InChI is InChI=1S/C20H24ClN3O2/c1-13-5-7-16(8-6-13)22-18(25)11-24(4)12-19(26)23-20-15(3)9-14(2)10-17(20)21/h5-10H,11-12H2,1-4H3,(H,22,25)(H,23,26). The summed E-state index contributed by atoms with van der Waals surface area (Å²) in [5, 5.41) is 6.15. The molecule has 2 aromatic carbocycles. The highest BCUT2D eigenvalue weighted by molar-refractivity contribution is 6.34. The van der Waals surface area contributed by atoms with E-state index in [-0.39, 0.29) is 24.9 Å². The van der Waals surface area contributed by atoms with Gasteiger partial charge in [0.25, 0.3) is 0 Å². The first-order valence-electron chi connectivity index (χ1n) is 8.36. The molecule has 0 aromatic heterocycles. The second kappa shape index (κ2) is 8.83. The highest BCUT2D eigenvalue weighted by atomic mass is 35.5. The van der Waals surface area contributed by atoms with Gasteiger partial charge in [0.15, 0.2) is 0 Å². The quantitative estimate of drug-likeness (QED) is 0.810. The highest BCUT2D eigenvalue weighted by Crippen LogP contribution is 2.27. The van der Waals surface area contributed by atoms with Crippen molar-refractivity contribution >= 4 is 34.8 Å². The zero-order valence-corrected chi connectivity index (χ0v) is 16.3. The third kappa shape index (κ3) is 5.86. The second-order valence-corrected chi connectivity index (χ2v) is 6.98. The van der Waals surface area contributed by atoms with Crippen molar-refractivity contribution < 1.29 is 9.59 Å². The van der Waals surface area contributed by atoms with Crippen molar-refractivity contribution in [3.63, 3.8) is 0 Å². The Morgan fingerprint density at radius 2 is 1.50 bits per heavy atom. The Labute approximate surface area is 159 Å². The van der Waals surface area contributed by atoms with E-state index in [1.807, 2.05) is 57.2 Å². The first kappa shape index (κ1) is 19.9. The van der Waals surface area contributed by atoms with Crippen molar-refractivity contribution in [3.8, 4) is 0 Å². The summed E-state index contributed by atoms with van der Waals surface area (Å²) in [7, 11) is 1.72. The van der Waals surface area contributed by atoms with Crippen molar-refractivity contribution in [2.75, 3.05) is 30.8 Å². The molecule has 2 amide bonds. The number of amides is 2. The normalized spacial score (nSPS) is 10.7. The second-order valence-electron chi connectivity index (χ2n) is 6.57. The molecule has 0 saturated carbocycles. The monoisotopic (exact) mass is 373 g/mol. The molecule has 0 atom stereocenters. The molecule has 0 bridgehead atoms. The first-order valence-corrected chi connectivity index (χ1v) is 8.74. The lowest BCUT2D eigenvalue weighted by Crippen LogP contribution is -2.36. The Hall–Kier alpha value is -2.37. The van der Waals surface area contributed by atoms with Gasteiger partial charge in [-0.3, -0.25) is 14.5 Å². The molecule has 0 saturated heterocycles. The number of rotatable bonds is 6. The summed E-state index contributed by atoms with van der Waals surface area (Å²) in [6, 6.07) is 11.3. The molecule has 138 valence electrons. The van der Waals surface area contributed by atoms with E-state index in [9.17, 15) is 9.59 Å². The molecule has 2 rings (SSSR count). The smallest absolute Gasteiger partial charge is 0.238 e. The maximum absolute atomic E-state index is 12.2. The van der Waals surface area contributed by atoms with Gasteiger partial charge in [0.05, 0.1) is 23.8 Å². The molecule has 0 aliphatic heterocycles. The van der Waals surface area contributed by atoms with Gasteiger partial charge in [0, 0.05) is 5.69 Å². The number of benzene rings is 2. The van der Waals surface area contributed by atoms with Crippen LogP contribution in [-0.4, -0.2) is 36.9 Å². The van der Waals surface area contributed by atoms with Crippen molar-refractivity contribution in [1.29, 1.82) is 0 Å². The molecular weight excluding hydrogens is 350 g/mol. The summed E-state index contributed by atoms with van der Waals surface area (Å²) in [6.07, 6.45) is 0. The number of hydrogen-bond acceptors (Lipinski definition) is 3. The lowest BCUT2D eigenvalue weighted by Gasteiger charge is -2.17. The molecule has 0 aliphatic carbocycles. The van der Waals surface area contributed by atoms with Gasteiger partial charge in [-0.2, -0.15) is 0 Å². The van der Waals surface area contributed by atoms with Gasteiger partial charge in [-0.1, -0.05) is 35.4 Å². The fourth-order valence-electron chi connectivity index (χ4n) is 2.64. The molecule has 0 fully saturated rings. The minimum Gasteiger partial charge on any atom is -0.325 e. The summed E-state index contributed by atoms with van der Waals surface area (Å²) in [4.78, 5) is 26.0. The van der Waals surface area contributed by atoms with Crippen molar-refractivity contribution in [2.45, 2.75) is 20.8 Å². The molecule has 0 aliphatic rings. The Balaban J connectivity index is 1.87. The molecule has 0 unspecified atom stereocenters. The molecule has 5 nitrogen and oxygen atoms in total. The number of halogens is 1. The van der Waals surface area contributed by atoms with Crippen LogP contribution in [0.2, 0.25) is 5.02 Å². The van der Waals surface area contributed by atoms with E-state index in [2.05, 4.69) is 10.6 Å². The Morgan fingerprint density at radius 1 is 0.923 bits per heavy atom. The topological polar surface area (TPSA) is 61.4 Å². The number of anilines is 2. The van der Waals surface area contributed by atoms with Crippen LogP contribution in [0.15, 0.2) is 36.4 Å². The Morgan fingerprint density at radius 3 is 2.08 bits per heavy atom. The van der Waals surface area contributed by atoms with Gasteiger partial charge in [-0.15, -0.1) is 0 Å². The zero-order valence-electron chi connectivity index (χ0n) is 15.5. The number of nitrogens with one attached hydrogen (secondary N) is 2. The summed E-state index contributed by atoms with van der Waals surface area (Å²) in [5.74, 6) is -0.391. The molecule has 26 heavy (non-hydrogen) atoms. The fraction of sp³-hybridized carbons (Fsp3) is 0.300. The van der Waals surface area contributed by atoms with E-state index >= 15 is 0 Å². The fourth-order valence-corrected chi connectivity index (χ4v) is 3.01. The van der Waals surface area contributed by atoms with Gasteiger partial charge in [0.2, 0.25) is 11.8 Å². The SMILES string of the molecule is Cc1ccc(NC(=O)CN(C)CC(=O)Nc2c(C)cc(C)cc2Cl)cc1. The Bertz CT molecular complexity index is 780. The summed E-state index contributed by atoms with van der Waals surface area (Å²) < 4.78 is 0. The van der Waals surface area contributed by atoms with Gasteiger partial charge in [-0.25, -0.2) is 0 Å². The molecule has 0 radical (unpaired) electrons. The number of carbonyl (C=O) groups excluding carboxylic acids is 2. The number of aryl methyl sites for hydroxylation is 3. The largest absolute Gasteiger partial charge is 0.325 e. The van der Waals surface area contributed by atoms with Crippen LogP contribution in [0.5, 0.6) is 0 Å². The zero-order chi connectivity index (χ0) is 19.3. The van der Waals surface area contributed by atoms with Crippen molar-refractivity contribution in [3.05, 3.63) is 58.1 Å². The van der Waals surface area contributed by atoms with Gasteiger partial charge in [-0.05, 0) is 57.1 Å². The van der Waals surface area contributed by atoms with Crippen molar-refractivity contribution in [1.82, 2.24) is 4.90 Å². The lowest BCUT2D eigenvalue weighted by molar-refractivity contribution is -0.119. The summed E-state index contributed by atoms with van der Waals surface area (Å²) in [5.41, 5.74) is 4.42. The van der Waals surface area contributed by atoms with Crippen LogP contribution in [0, 0.1) is 20.8 Å². The average Bonchev–Trinajstić information content (AvgIpc) is 2.52. The van der Waals surface area contributed by atoms with Crippen LogP contribution in [0.3, 0.4) is 0 Å². The van der Waals surface area contributed by atoms with E-state index in [1.54, 1.807) is 11.9 Å². The van der Waals surface area contributed by atoms with Gasteiger partial charge >= 0.3 is 0 Å². The lowest BCUT2D eigenvalue weighted by atomic mass is 10.1. The predicted octanol–water partition coefficient (Wildman–Crippen LogP) is 3.77. The molecular formula is C20H24ClN3O2. The summed E-state index contributed by atoms with van der Waals surface area (Å²) in [6.45, 7) is 6.03. The minimum atomic E-state index is -0.218. The Kier molecular flexibility index (Phi) is 6.77. The van der Waals surface area contributed by atoms with Crippen LogP contribution < -0.4 is 10.6 Å². The van der Waals surface area contributed by atoms with E-state index in [0.717, 1.165) is 22.4 Å². The van der Waals surface area contributed by atoms with Gasteiger partial charge < -0.3 is 10.6 Å². The van der Waals surface area contributed by atoms with E-state index in [1.165, 1.54) is 0 Å². The van der Waals surface area contributed by atoms with Gasteiger partial charge in [0.1, 0.15) is 0 Å². The maximum atomic E-state index is 12.2. The number of hydrogen-bond donors (Lipinski definition) is 2. The average molecular weight is 374 g/mol. The number of carbonyl (C=O) groups is 2. The van der Waals surface area contributed by atoms with Crippen molar-refractivity contribution in [2.24, 2.45) is 0 Å². The van der Waals surface area contributed by atoms with E-state index in [4.69, 9.17) is 11.6 Å². The maximum Gasteiger partial charge on any atom is 0.238 e.